The minimum Gasteiger partial charge on any atom is -0.379 e. The van der Waals surface area contributed by atoms with Crippen LogP contribution in [0.1, 0.15) is 15.2 Å². The first-order valence-electron chi connectivity index (χ1n) is 7.83. The summed E-state index contributed by atoms with van der Waals surface area (Å²) in [5.41, 5.74) is 1.51. The standard InChI is InChI=1S/C17H21N3O2S/c1-13-2-3-16(23-13)15-12-14(4-5-18-15)17(21)19-6-7-20-8-10-22-11-9-20/h2-5,12H,6-11H2,1H3,(H,19,21). The summed E-state index contributed by atoms with van der Waals surface area (Å²) in [5.74, 6) is -0.0461. The molecule has 0 spiro atoms. The molecule has 6 heteroatoms. The smallest absolute Gasteiger partial charge is 0.251 e. The molecular formula is C17H21N3O2S. The Morgan fingerprint density at radius 1 is 1.35 bits per heavy atom. The van der Waals surface area contributed by atoms with E-state index < -0.39 is 0 Å². The first kappa shape index (κ1) is 16.1. The van der Waals surface area contributed by atoms with E-state index in [2.05, 4.69) is 28.2 Å². The lowest BCUT2D eigenvalue weighted by atomic mass is 10.2. The number of morpholine rings is 1. The lowest BCUT2D eigenvalue weighted by molar-refractivity contribution is 0.0383. The van der Waals surface area contributed by atoms with E-state index in [1.165, 1.54) is 4.88 Å². The van der Waals surface area contributed by atoms with Gasteiger partial charge in [0.15, 0.2) is 0 Å². The molecule has 0 aliphatic carbocycles. The molecule has 3 rings (SSSR count). The largest absolute Gasteiger partial charge is 0.379 e. The number of amides is 1. The number of thiophene rings is 1. The Morgan fingerprint density at radius 3 is 2.91 bits per heavy atom. The highest BCUT2D eigenvalue weighted by atomic mass is 32.1. The number of ether oxygens (including phenoxy) is 1. The van der Waals surface area contributed by atoms with E-state index in [0.717, 1.165) is 43.4 Å². The zero-order chi connectivity index (χ0) is 16.1. The molecule has 1 amide bonds. The molecule has 3 heterocycles. The van der Waals surface area contributed by atoms with Crippen molar-refractivity contribution in [2.24, 2.45) is 0 Å². The summed E-state index contributed by atoms with van der Waals surface area (Å²) < 4.78 is 5.32. The fourth-order valence-corrected chi connectivity index (χ4v) is 3.37. The van der Waals surface area contributed by atoms with E-state index in [-0.39, 0.29) is 5.91 Å². The number of aromatic nitrogens is 1. The van der Waals surface area contributed by atoms with Crippen molar-refractivity contribution in [3.63, 3.8) is 0 Å². The molecule has 0 saturated carbocycles. The number of pyridine rings is 1. The topological polar surface area (TPSA) is 54.5 Å². The van der Waals surface area contributed by atoms with Gasteiger partial charge in [0.1, 0.15) is 0 Å². The van der Waals surface area contributed by atoms with Gasteiger partial charge >= 0.3 is 0 Å². The average molecular weight is 331 g/mol. The Labute approximate surface area is 140 Å². The maximum Gasteiger partial charge on any atom is 0.251 e. The fourth-order valence-electron chi connectivity index (χ4n) is 2.53. The van der Waals surface area contributed by atoms with Crippen LogP contribution in [0.5, 0.6) is 0 Å². The predicted octanol–water partition coefficient (Wildman–Crippen LogP) is 2.18. The maximum absolute atomic E-state index is 12.3. The Hall–Kier alpha value is -1.76. The van der Waals surface area contributed by atoms with Gasteiger partial charge in [-0.2, -0.15) is 0 Å². The minimum absolute atomic E-state index is 0.0461. The van der Waals surface area contributed by atoms with Crippen molar-refractivity contribution < 1.29 is 9.53 Å². The number of carbonyl (C=O) groups is 1. The SMILES string of the molecule is Cc1ccc(-c2cc(C(=O)NCCN3CCOCC3)ccn2)s1. The highest BCUT2D eigenvalue weighted by Gasteiger charge is 2.12. The molecule has 2 aromatic heterocycles. The summed E-state index contributed by atoms with van der Waals surface area (Å²) in [5, 5.41) is 2.98. The molecule has 2 aromatic rings. The van der Waals surface area contributed by atoms with Gasteiger partial charge in [0.25, 0.3) is 5.91 Å². The Balaban J connectivity index is 1.56. The number of carbonyl (C=O) groups excluding carboxylic acids is 1. The van der Waals surface area contributed by atoms with Crippen LogP contribution in [0, 0.1) is 6.92 Å². The minimum atomic E-state index is -0.0461. The molecule has 1 aliphatic rings. The number of hydrogen-bond donors (Lipinski definition) is 1. The second-order valence-corrected chi connectivity index (χ2v) is 6.84. The van der Waals surface area contributed by atoms with Gasteiger partial charge < -0.3 is 10.1 Å². The van der Waals surface area contributed by atoms with Crippen LogP contribution >= 0.6 is 11.3 Å². The van der Waals surface area contributed by atoms with Gasteiger partial charge in [-0.3, -0.25) is 14.7 Å². The number of hydrogen-bond acceptors (Lipinski definition) is 5. The maximum atomic E-state index is 12.3. The highest BCUT2D eigenvalue weighted by Crippen LogP contribution is 2.26. The monoisotopic (exact) mass is 331 g/mol. The van der Waals surface area contributed by atoms with Crippen molar-refractivity contribution in [2.45, 2.75) is 6.92 Å². The molecule has 0 atom stereocenters. The van der Waals surface area contributed by atoms with Crippen molar-refractivity contribution in [3.05, 3.63) is 40.9 Å². The Bertz CT molecular complexity index is 665. The Morgan fingerprint density at radius 2 is 2.17 bits per heavy atom. The third kappa shape index (κ3) is 4.37. The van der Waals surface area contributed by atoms with Gasteiger partial charge in [0, 0.05) is 42.8 Å². The summed E-state index contributed by atoms with van der Waals surface area (Å²) in [6.45, 7) is 7.01. The van der Waals surface area contributed by atoms with Gasteiger partial charge in [-0.15, -0.1) is 11.3 Å². The highest BCUT2D eigenvalue weighted by molar-refractivity contribution is 7.15. The predicted molar refractivity (Wildman–Crippen MR) is 91.9 cm³/mol. The van der Waals surface area contributed by atoms with Crippen LogP contribution in [0.4, 0.5) is 0 Å². The van der Waals surface area contributed by atoms with Crippen LogP contribution in [0.25, 0.3) is 10.6 Å². The summed E-state index contributed by atoms with van der Waals surface area (Å²) in [7, 11) is 0. The van der Waals surface area contributed by atoms with E-state index in [1.807, 2.05) is 12.1 Å². The molecule has 0 radical (unpaired) electrons. The lowest BCUT2D eigenvalue weighted by Crippen LogP contribution is -2.41. The molecule has 0 aromatic carbocycles. The molecule has 1 saturated heterocycles. The van der Waals surface area contributed by atoms with Crippen molar-refractivity contribution in [3.8, 4) is 10.6 Å². The van der Waals surface area contributed by atoms with Gasteiger partial charge in [-0.05, 0) is 31.2 Å². The second kappa shape index (κ2) is 7.68. The zero-order valence-corrected chi connectivity index (χ0v) is 14.1. The summed E-state index contributed by atoms with van der Waals surface area (Å²) in [6.07, 6.45) is 1.70. The molecule has 0 bridgehead atoms. The quantitative estimate of drug-likeness (QED) is 0.912. The molecule has 122 valence electrons. The third-order valence-electron chi connectivity index (χ3n) is 3.83. The van der Waals surface area contributed by atoms with Crippen LogP contribution in [0.15, 0.2) is 30.5 Å². The van der Waals surface area contributed by atoms with Crippen LogP contribution in [0.3, 0.4) is 0 Å². The van der Waals surface area contributed by atoms with Gasteiger partial charge in [-0.25, -0.2) is 0 Å². The molecule has 1 N–H and O–H groups in total. The third-order valence-corrected chi connectivity index (χ3v) is 4.86. The zero-order valence-electron chi connectivity index (χ0n) is 13.2. The number of aryl methyl sites for hydroxylation is 1. The van der Waals surface area contributed by atoms with Crippen LogP contribution in [0.2, 0.25) is 0 Å². The van der Waals surface area contributed by atoms with Crippen LogP contribution in [-0.4, -0.2) is 55.2 Å². The normalized spacial score (nSPS) is 15.5. The van der Waals surface area contributed by atoms with Gasteiger partial charge in [0.05, 0.1) is 23.8 Å². The van der Waals surface area contributed by atoms with E-state index in [1.54, 1.807) is 23.6 Å². The van der Waals surface area contributed by atoms with Crippen molar-refractivity contribution in [1.29, 1.82) is 0 Å². The summed E-state index contributed by atoms with van der Waals surface area (Å²) in [4.78, 5) is 21.3. The first-order valence-corrected chi connectivity index (χ1v) is 8.65. The van der Waals surface area contributed by atoms with Crippen molar-refractivity contribution >= 4 is 17.2 Å². The van der Waals surface area contributed by atoms with E-state index in [9.17, 15) is 4.79 Å². The van der Waals surface area contributed by atoms with E-state index in [4.69, 9.17) is 4.74 Å². The first-order chi connectivity index (χ1) is 11.2. The second-order valence-electron chi connectivity index (χ2n) is 5.55. The number of nitrogens with zero attached hydrogens (tertiary/aromatic N) is 2. The molecule has 1 aliphatic heterocycles. The molecule has 5 nitrogen and oxygen atoms in total. The molecular weight excluding hydrogens is 310 g/mol. The average Bonchev–Trinajstić information content (AvgIpc) is 3.02. The molecule has 23 heavy (non-hydrogen) atoms. The van der Waals surface area contributed by atoms with Crippen molar-refractivity contribution in [2.75, 3.05) is 39.4 Å². The van der Waals surface area contributed by atoms with E-state index in [0.29, 0.717) is 12.1 Å². The Kier molecular flexibility index (Phi) is 5.38. The van der Waals surface area contributed by atoms with Crippen LogP contribution < -0.4 is 5.32 Å². The summed E-state index contributed by atoms with van der Waals surface area (Å²) >= 11 is 1.69. The van der Waals surface area contributed by atoms with Crippen molar-refractivity contribution in [1.82, 2.24) is 15.2 Å². The van der Waals surface area contributed by atoms with Crippen LogP contribution in [-0.2, 0) is 4.74 Å². The summed E-state index contributed by atoms with van der Waals surface area (Å²) in [6, 6.07) is 7.72. The molecule has 0 unspecified atom stereocenters. The lowest BCUT2D eigenvalue weighted by Gasteiger charge is -2.26. The van der Waals surface area contributed by atoms with Gasteiger partial charge in [-0.1, -0.05) is 0 Å². The fraction of sp³-hybridized carbons (Fsp3) is 0.412. The van der Waals surface area contributed by atoms with Gasteiger partial charge in [0.2, 0.25) is 0 Å². The number of rotatable bonds is 5. The molecule has 1 fully saturated rings. The van der Waals surface area contributed by atoms with E-state index >= 15 is 0 Å². The number of nitrogens with one attached hydrogen (secondary N) is 1.